The number of aromatic nitrogens is 4. The van der Waals surface area contributed by atoms with E-state index >= 15 is 0 Å². The van der Waals surface area contributed by atoms with Gasteiger partial charge in [0.2, 0.25) is 5.88 Å². The number of halogens is 1. The Hall–Kier alpha value is -4.08. The number of aryl methyl sites for hydroxylation is 2. The Morgan fingerprint density at radius 2 is 1.78 bits per heavy atom. The molecular weight excluding hydrogens is 558 g/mol. The summed E-state index contributed by atoms with van der Waals surface area (Å²) in [6.45, 7) is 6.28. The number of hydrogen-bond donors (Lipinski definition) is 1. The Kier molecular flexibility index (Phi) is 7.09. The van der Waals surface area contributed by atoms with Crippen LogP contribution >= 0.6 is 11.6 Å². The topological polar surface area (TPSA) is 95.0 Å². The van der Waals surface area contributed by atoms with Gasteiger partial charge in [0.15, 0.2) is 0 Å². The summed E-state index contributed by atoms with van der Waals surface area (Å²) in [5.41, 5.74) is 5.64. The number of benzene rings is 3. The molecule has 0 spiro atoms. The van der Waals surface area contributed by atoms with Gasteiger partial charge in [-0.25, -0.2) is 18.1 Å². The smallest absolute Gasteiger partial charge is 0.266 e. The molecule has 6 aromatic rings. The zero-order valence-corrected chi connectivity index (χ0v) is 24.6. The van der Waals surface area contributed by atoms with Gasteiger partial charge in [-0.15, -0.1) is 0 Å². The van der Waals surface area contributed by atoms with E-state index in [1.54, 1.807) is 26.0 Å². The van der Waals surface area contributed by atoms with Crippen LogP contribution in [-0.2, 0) is 23.0 Å². The highest BCUT2D eigenvalue weighted by atomic mass is 35.5. The van der Waals surface area contributed by atoms with Crippen LogP contribution in [0.3, 0.4) is 0 Å². The van der Waals surface area contributed by atoms with Crippen LogP contribution in [0.5, 0.6) is 0 Å². The van der Waals surface area contributed by atoms with Crippen molar-refractivity contribution >= 4 is 49.4 Å². The molecule has 10 heteroatoms. The number of nitrogens with one attached hydrogen (secondary N) is 1. The molecule has 0 atom stereocenters. The van der Waals surface area contributed by atoms with E-state index < -0.39 is 10.0 Å². The minimum atomic E-state index is -3.99. The van der Waals surface area contributed by atoms with E-state index in [0.29, 0.717) is 28.5 Å². The standard InChI is InChI=1S/C31H30ClN5O3S/c1-4-5-14-30-33-25-17-23(32)15-16-27(25)37(30)19-22-18-36(26-11-7-6-10-24(22)26)28-12-8-9-13-29(28)41(38,39)35-31-20(2)21(3)34-40-31/h6-13,15-18,35H,4-5,14,19H2,1-3H3. The summed E-state index contributed by atoms with van der Waals surface area (Å²) in [6, 6.07) is 20.8. The molecule has 3 aromatic heterocycles. The maximum absolute atomic E-state index is 13.6. The highest BCUT2D eigenvalue weighted by Crippen LogP contribution is 2.32. The first-order valence-electron chi connectivity index (χ1n) is 13.6. The van der Waals surface area contributed by atoms with Crippen LogP contribution in [0.4, 0.5) is 5.88 Å². The molecule has 0 saturated carbocycles. The lowest BCUT2D eigenvalue weighted by atomic mass is 10.1. The zero-order chi connectivity index (χ0) is 28.7. The van der Waals surface area contributed by atoms with Crippen molar-refractivity contribution in [3.05, 3.63) is 101 Å². The summed E-state index contributed by atoms with van der Waals surface area (Å²) in [4.78, 5) is 5.05. The molecule has 3 aromatic carbocycles. The van der Waals surface area contributed by atoms with Crippen LogP contribution in [0.25, 0.3) is 27.6 Å². The maximum Gasteiger partial charge on any atom is 0.266 e. The third-order valence-corrected chi connectivity index (χ3v) is 9.08. The van der Waals surface area contributed by atoms with Gasteiger partial charge in [0.1, 0.15) is 10.7 Å². The van der Waals surface area contributed by atoms with Gasteiger partial charge in [-0.1, -0.05) is 60.4 Å². The average molecular weight is 588 g/mol. The van der Waals surface area contributed by atoms with E-state index in [0.717, 1.165) is 52.6 Å². The van der Waals surface area contributed by atoms with Crippen molar-refractivity contribution in [2.75, 3.05) is 4.72 Å². The monoisotopic (exact) mass is 587 g/mol. The minimum Gasteiger partial charge on any atom is -0.337 e. The van der Waals surface area contributed by atoms with Crippen molar-refractivity contribution in [1.29, 1.82) is 0 Å². The van der Waals surface area contributed by atoms with Gasteiger partial charge in [0.25, 0.3) is 10.0 Å². The fourth-order valence-electron chi connectivity index (χ4n) is 5.17. The van der Waals surface area contributed by atoms with Gasteiger partial charge < -0.3 is 13.7 Å². The second-order valence-corrected chi connectivity index (χ2v) is 12.3. The first-order valence-corrected chi connectivity index (χ1v) is 15.4. The van der Waals surface area contributed by atoms with Crippen molar-refractivity contribution in [3.63, 3.8) is 0 Å². The molecule has 0 amide bonds. The zero-order valence-electron chi connectivity index (χ0n) is 23.1. The lowest BCUT2D eigenvalue weighted by Gasteiger charge is -2.13. The molecular formula is C31H30ClN5O3S. The Morgan fingerprint density at radius 1 is 1.00 bits per heavy atom. The number of fused-ring (bicyclic) bond motifs is 2. The van der Waals surface area contributed by atoms with E-state index in [4.69, 9.17) is 21.1 Å². The molecule has 3 heterocycles. The van der Waals surface area contributed by atoms with Gasteiger partial charge >= 0.3 is 0 Å². The van der Waals surface area contributed by atoms with Crippen molar-refractivity contribution < 1.29 is 12.9 Å². The van der Waals surface area contributed by atoms with E-state index in [-0.39, 0.29) is 10.8 Å². The summed E-state index contributed by atoms with van der Waals surface area (Å²) in [6.07, 6.45) is 4.97. The molecule has 6 rings (SSSR count). The van der Waals surface area contributed by atoms with E-state index in [9.17, 15) is 8.42 Å². The number of rotatable bonds is 9. The summed E-state index contributed by atoms with van der Waals surface area (Å²) in [5, 5.41) is 5.57. The van der Waals surface area contributed by atoms with Crippen LogP contribution in [0.2, 0.25) is 5.02 Å². The molecule has 210 valence electrons. The normalized spacial score (nSPS) is 12.0. The van der Waals surface area contributed by atoms with Crippen LogP contribution in [-0.4, -0.2) is 27.7 Å². The van der Waals surface area contributed by atoms with Gasteiger partial charge in [-0.05, 0) is 62.2 Å². The number of sulfonamides is 1. The Bertz CT molecular complexity index is 2010. The number of nitrogens with zero attached hydrogens (tertiary/aromatic N) is 4. The Labute approximate surface area is 243 Å². The molecule has 0 bridgehead atoms. The molecule has 1 N–H and O–H groups in total. The average Bonchev–Trinajstić information content (AvgIpc) is 3.61. The first kappa shape index (κ1) is 27.1. The third-order valence-electron chi connectivity index (χ3n) is 7.46. The molecule has 41 heavy (non-hydrogen) atoms. The molecule has 0 radical (unpaired) electrons. The summed E-state index contributed by atoms with van der Waals surface area (Å²) >= 11 is 6.29. The number of unbranched alkanes of at least 4 members (excludes halogenated alkanes) is 1. The van der Waals surface area contributed by atoms with Crippen LogP contribution in [0, 0.1) is 13.8 Å². The second-order valence-electron chi connectivity index (χ2n) is 10.2. The number of imidazole rings is 1. The summed E-state index contributed by atoms with van der Waals surface area (Å²) in [7, 11) is -3.99. The lowest BCUT2D eigenvalue weighted by Crippen LogP contribution is -2.15. The Morgan fingerprint density at radius 3 is 2.56 bits per heavy atom. The number of hydrogen-bond acceptors (Lipinski definition) is 5. The summed E-state index contributed by atoms with van der Waals surface area (Å²) < 4.78 is 39.3. The molecule has 0 aliphatic carbocycles. The quantitative estimate of drug-likeness (QED) is 0.190. The van der Waals surface area contributed by atoms with Crippen LogP contribution in [0.1, 0.15) is 42.4 Å². The third kappa shape index (κ3) is 5.00. The molecule has 0 aliphatic heterocycles. The fourth-order valence-corrected chi connectivity index (χ4v) is 6.58. The Balaban J connectivity index is 1.47. The number of anilines is 1. The van der Waals surface area contributed by atoms with E-state index in [1.807, 2.05) is 59.3 Å². The maximum atomic E-state index is 13.6. The molecule has 8 nitrogen and oxygen atoms in total. The lowest BCUT2D eigenvalue weighted by molar-refractivity contribution is 0.430. The highest BCUT2D eigenvalue weighted by molar-refractivity contribution is 7.92. The van der Waals surface area contributed by atoms with E-state index in [1.165, 1.54) is 0 Å². The minimum absolute atomic E-state index is 0.113. The summed E-state index contributed by atoms with van der Waals surface area (Å²) in [5.74, 6) is 1.12. The van der Waals surface area contributed by atoms with Crippen molar-refractivity contribution in [2.24, 2.45) is 0 Å². The van der Waals surface area contributed by atoms with Gasteiger partial charge in [0, 0.05) is 28.6 Å². The molecule has 0 unspecified atom stereocenters. The SMILES string of the molecule is CCCCc1nc2cc(Cl)ccc2n1Cc1cn(-c2ccccc2S(=O)(=O)Nc2onc(C)c2C)c2ccccc12. The number of para-hydroxylation sites is 2. The highest BCUT2D eigenvalue weighted by Gasteiger charge is 2.24. The fraction of sp³-hybridized carbons (Fsp3) is 0.226. The van der Waals surface area contributed by atoms with Crippen LogP contribution in [0.15, 0.2) is 82.3 Å². The van der Waals surface area contributed by atoms with Crippen LogP contribution < -0.4 is 4.72 Å². The molecule has 0 saturated heterocycles. The molecule has 0 fully saturated rings. The van der Waals surface area contributed by atoms with Crippen molar-refractivity contribution in [1.82, 2.24) is 19.3 Å². The van der Waals surface area contributed by atoms with Crippen molar-refractivity contribution in [3.8, 4) is 5.69 Å². The predicted molar refractivity (Wildman–Crippen MR) is 163 cm³/mol. The predicted octanol–water partition coefficient (Wildman–Crippen LogP) is 7.43. The van der Waals surface area contributed by atoms with E-state index in [2.05, 4.69) is 27.4 Å². The largest absolute Gasteiger partial charge is 0.337 e. The van der Waals surface area contributed by atoms with Crippen molar-refractivity contribution in [2.45, 2.75) is 51.5 Å². The first-order chi connectivity index (χ1) is 19.8. The van der Waals surface area contributed by atoms with Gasteiger partial charge in [0.05, 0.1) is 34.5 Å². The second kappa shape index (κ2) is 10.7. The van der Waals surface area contributed by atoms with Gasteiger partial charge in [-0.3, -0.25) is 0 Å². The molecule has 0 aliphatic rings. The van der Waals surface area contributed by atoms with Gasteiger partial charge in [-0.2, -0.15) is 0 Å².